The number of thiophene rings is 1. The summed E-state index contributed by atoms with van der Waals surface area (Å²) in [6.45, 7) is 7.93. The largest absolute Gasteiger partial charge is 0.493 e. The molecule has 2 heterocycles. The van der Waals surface area contributed by atoms with Crippen molar-refractivity contribution in [2.75, 3.05) is 40.5 Å². The van der Waals surface area contributed by atoms with Crippen molar-refractivity contribution < 1.29 is 23.8 Å². The molecule has 0 spiro atoms. The molecule has 0 N–H and O–H groups in total. The Hall–Kier alpha value is -2.58. The van der Waals surface area contributed by atoms with E-state index in [0.29, 0.717) is 44.2 Å². The second kappa shape index (κ2) is 12.4. The first-order valence-electron chi connectivity index (χ1n) is 12.1. The molecule has 1 aliphatic heterocycles. The van der Waals surface area contributed by atoms with Gasteiger partial charge in [0.15, 0.2) is 11.5 Å². The zero-order valence-electron chi connectivity index (χ0n) is 21.5. The summed E-state index contributed by atoms with van der Waals surface area (Å²) >= 11 is 1.63. The number of hydrogen-bond donors (Lipinski definition) is 0. The first-order valence-corrected chi connectivity index (χ1v) is 13.0. The van der Waals surface area contributed by atoms with E-state index in [2.05, 4.69) is 0 Å². The van der Waals surface area contributed by atoms with Crippen LogP contribution in [0, 0.1) is 5.41 Å². The van der Waals surface area contributed by atoms with Gasteiger partial charge in [-0.2, -0.15) is 0 Å². The van der Waals surface area contributed by atoms with Crippen molar-refractivity contribution >= 4 is 23.2 Å². The van der Waals surface area contributed by atoms with E-state index < -0.39 is 5.41 Å². The molecule has 1 saturated heterocycles. The minimum atomic E-state index is -0.572. The van der Waals surface area contributed by atoms with Crippen LogP contribution in [-0.2, 0) is 27.3 Å². The molecule has 1 fully saturated rings. The van der Waals surface area contributed by atoms with Crippen LogP contribution in [0.3, 0.4) is 0 Å². The fraction of sp³-hybridized carbons (Fsp3) is 0.556. The highest BCUT2D eigenvalue weighted by Gasteiger charge is 2.32. The lowest BCUT2D eigenvalue weighted by molar-refractivity contribution is -0.147. The third-order valence-corrected chi connectivity index (χ3v) is 6.96. The highest BCUT2D eigenvalue weighted by Crippen LogP contribution is 2.28. The Labute approximate surface area is 213 Å². The molecule has 7 nitrogen and oxygen atoms in total. The number of ether oxygens (including phenoxy) is 3. The second-order valence-corrected chi connectivity index (χ2v) is 10.9. The van der Waals surface area contributed by atoms with Crippen LogP contribution in [0.4, 0.5) is 0 Å². The minimum Gasteiger partial charge on any atom is -0.493 e. The van der Waals surface area contributed by atoms with Gasteiger partial charge in [-0.1, -0.05) is 32.9 Å². The number of rotatable bonds is 11. The summed E-state index contributed by atoms with van der Waals surface area (Å²) in [6.07, 6.45) is 2.56. The Morgan fingerprint density at radius 1 is 1.11 bits per heavy atom. The Morgan fingerprint density at radius 3 is 2.49 bits per heavy atom. The predicted octanol–water partition coefficient (Wildman–Crippen LogP) is 4.39. The van der Waals surface area contributed by atoms with Crippen molar-refractivity contribution in [1.82, 2.24) is 9.80 Å². The zero-order chi connectivity index (χ0) is 25.4. The number of carbonyl (C=O) groups is 2. The summed E-state index contributed by atoms with van der Waals surface area (Å²) in [6, 6.07) is 9.84. The smallest absolute Gasteiger partial charge is 0.242 e. The van der Waals surface area contributed by atoms with E-state index >= 15 is 0 Å². The second-order valence-electron chi connectivity index (χ2n) is 9.90. The van der Waals surface area contributed by atoms with Gasteiger partial charge in [-0.05, 0) is 48.4 Å². The maximum atomic E-state index is 13.6. The quantitative estimate of drug-likeness (QED) is 0.456. The van der Waals surface area contributed by atoms with Crippen molar-refractivity contribution in [2.45, 2.75) is 52.7 Å². The molecule has 192 valence electrons. The molecular formula is C27H38N2O5S. The van der Waals surface area contributed by atoms with Crippen LogP contribution < -0.4 is 9.47 Å². The molecule has 1 aliphatic rings. The van der Waals surface area contributed by atoms with E-state index in [0.717, 1.165) is 23.3 Å². The molecule has 1 aromatic heterocycles. The number of nitrogens with zero attached hydrogens (tertiary/aromatic N) is 2. The average molecular weight is 503 g/mol. The number of methoxy groups -OCH3 is 2. The fourth-order valence-corrected chi connectivity index (χ4v) is 4.89. The molecule has 35 heavy (non-hydrogen) atoms. The molecule has 1 aromatic carbocycles. The standard InChI is InChI=1S/C27H38N2O5S/c1-27(2,3)26(31)29(17-21-8-6-14-34-21)19-25(30)28(18-22-9-7-15-35-22)13-12-20-10-11-23(32-4)24(16-20)33-5/h7,9-11,15-16,21H,6,8,12-14,17-19H2,1-5H3. The van der Waals surface area contributed by atoms with Crippen LogP contribution >= 0.6 is 11.3 Å². The molecule has 1 unspecified atom stereocenters. The van der Waals surface area contributed by atoms with E-state index in [1.54, 1.807) is 30.5 Å². The topological polar surface area (TPSA) is 68.3 Å². The van der Waals surface area contributed by atoms with Gasteiger partial charge in [0.05, 0.1) is 33.4 Å². The molecule has 3 rings (SSSR count). The number of benzene rings is 1. The Morgan fingerprint density at radius 2 is 1.89 bits per heavy atom. The van der Waals surface area contributed by atoms with Gasteiger partial charge >= 0.3 is 0 Å². The first-order chi connectivity index (χ1) is 16.7. The monoisotopic (exact) mass is 502 g/mol. The number of hydrogen-bond acceptors (Lipinski definition) is 6. The lowest BCUT2D eigenvalue weighted by atomic mass is 9.94. The van der Waals surface area contributed by atoms with E-state index in [1.807, 2.05) is 61.4 Å². The predicted molar refractivity (Wildman–Crippen MR) is 138 cm³/mol. The summed E-state index contributed by atoms with van der Waals surface area (Å²) < 4.78 is 16.5. The SMILES string of the molecule is COc1ccc(CCN(Cc2cccs2)C(=O)CN(CC2CCCO2)C(=O)C(C)(C)C)cc1OC. The van der Waals surface area contributed by atoms with Crippen LogP contribution in [0.15, 0.2) is 35.7 Å². The lowest BCUT2D eigenvalue weighted by Gasteiger charge is -2.33. The zero-order valence-corrected chi connectivity index (χ0v) is 22.4. The average Bonchev–Trinajstić information content (AvgIpc) is 3.54. The first kappa shape index (κ1) is 27.0. The molecule has 0 saturated carbocycles. The fourth-order valence-electron chi connectivity index (χ4n) is 4.17. The van der Waals surface area contributed by atoms with Crippen molar-refractivity contribution in [3.8, 4) is 11.5 Å². The summed E-state index contributed by atoms with van der Waals surface area (Å²) in [7, 11) is 3.23. The Balaban J connectivity index is 1.75. The normalized spacial score (nSPS) is 15.6. The van der Waals surface area contributed by atoms with Gasteiger partial charge in [0.2, 0.25) is 11.8 Å². The van der Waals surface area contributed by atoms with Crippen LogP contribution in [0.25, 0.3) is 0 Å². The Bertz CT molecular complexity index is 964. The molecule has 2 aromatic rings. The van der Waals surface area contributed by atoms with E-state index in [9.17, 15) is 9.59 Å². The van der Waals surface area contributed by atoms with E-state index in [1.165, 1.54) is 0 Å². The van der Waals surface area contributed by atoms with Gasteiger partial charge in [-0.3, -0.25) is 9.59 Å². The summed E-state index contributed by atoms with van der Waals surface area (Å²) in [4.78, 5) is 31.4. The molecule has 1 atom stereocenters. The number of amides is 2. The van der Waals surface area contributed by atoms with Gasteiger partial charge in [-0.25, -0.2) is 0 Å². The van der Waals surface area contributed by atoms with Crippen LogP contribution in [0.1, 0.15) is 44.1 Å². The van der Waals surface area contributed by atoms with Gasteiger partial charge < -0.3 is 24.0 Å². The highest BCUT2D eigenvalue weighted by atomic mass is 32.1. The molecule has 0 aliphatic carbocycles. The maximum Gasteiger partial charge on any atom is 0.242 e. The summed E-state index contributed by atoms with van der Waals surface area (Å²) in [5.74, 6) is 1.25. The Kier molecular flexibility index (Phi) is 9.57. The van der Waals surface area contributed by atoms with Gasteiger partial charge in [0.25, 0.3) is 0 Å². The van der Waals surface area contributed by atoms with Crippen molar-refractivity contribution in [3.63, 3.8) is 0 Å². The minimum absolute atomic E-state index is 0.00777. The van der Waals surface area contributed by atoms with E-state index in [4.69, 9.17) is 14.2 Å². The summed E-state index contributed by atoms with van der Waals surface area (Å²) in [5.41, 5.74) is 0.477. The third-order valence-electron chi connectivity index (χ3n) is 6.10. The van der Waals surface area contributed by atoms with Gasteiger partial charge in [-0.15, -0.1) is 11.3 Å². The maximum absolute atomic E-state index is 13.6. The molecule has 0 radical (unpaired) electrons. The highest BCUT2D eigenvalue weighted by molar-refractivity contribution is 7.09. The van der Waals surface area contributed by atoms with Crippen molar-refractivity contribution in [3.05, 3.63) is 46.2 Å². The lowest BCUT2D eigenvalue weighted by Crippen LogP contribution is -2.49. The van der Waals surface area contributed by atoms with Crippen LogP contribution in [-0.4, -0.2) is 68.2 Å². The van der Waals surface area contributed by atoms with Crippen LogP contribution in [0.2, 0.25) is 0 Å². The van der Waals surface area contributed by atoms with Crippen LogP contribution in [0.5, 0.6) is 11.5 Å². The number of carbonyl (C=O) groups excluding carboxylic acids is 2. The molecular weight excluding hydrogens is 464 g/mol. The van der Waals surface area contributed by atoms with Gasteiger partial charge in [0.1, 0.15) is 0 Å². The van der Waals surface area contributed by atoms with Crippen molar-refractivity contribution in [2.24, 2.45) is 5.41 Å². The molecule has 2 amide bonds. The van der Waals surface area contributed by atoms with Crippen molar-refractivity contribution in [1.29, 1.82) is 0 Å². The molecule has 8 heteroatoms. The van der Waals surface area contributed by atoms with Gasteiger partial charge in [0, 0.05) is 30.0 Å². The molecule has 0 bridgehead atoms. The third kappa shape index (κ3) is 7.70. The van der Waals surface area contributed by atoms with E-state index in [-0.39, 0.29) is 24.5 Å². The summed E-state index contributed by atoms with van der Waals surface area (Å²) in [5, 5.41) is 2.01.